The molecule has 10 heteroatoms. The molecule has 186 valence electrons. The maximum absolute atomic E-state index is 13.9. The fraction of sp³-hybridized carbons (Fsp3) is 0.417. The smallest absolute Gasteiger partial charge is 0.166 e. The summed E-state index contributed by atoms with van der Waals surface area (Å²) in [6.45, 7) is 5.80. The van der Waals surface area contributed by atoms with Crippen LogP contribution >= 0.6 is 23.2 Å². The van der Waals surface area contributed by atoms with Crippen LogP contribution in [0.15, 0.2) is 35.6 Å². The van der Waals surface area contributed by atoms with E-state index in [4.69, 9.17) is 49.1 Å². The zero-order valence-electron chi connectivity index (χ0n) is 19.7. The molecule has 0 saturated carbocycles. The highest BCUT2D eigenvalue weighted by molar-refractivity contribution is 6.36. The molecule has 7 nitrogen and oxygen atoms in total. The number of anilines is 1. The van der Waals surface area contributed by atoms with Crippen molar-refractivity contribution in [3.05, 3.63) is 57.6 Å². The molecule has 1 heterocycles. The highest BCUT2D eigenvalue weighted by Gasteiger charge is 2.20. The largest absolute Gasteiger partial charge is 0.482 e. The molecule has 1 aromatic carbocycles. The van der Waals surface area contributed by atoms with Gasteiger partial charge in [-0.15, -0.1) is 0 Å². The first-order valence-corrected chi connectivity index (χ1v) is 11.8. The molecule has 2 atom stereocenters. The van der Waals surface area contributed by atoms with Gasteiger partial charge in [0.2, 0.25) is 0 Å². The summed E-state index contributed by atoms with van der Waals surface area (Å²) in [5.41, 5.74) is 13.5. The van der Waals surface area contributed by atoms with Crippen molar-refractivity contribution in [2.75, 3.05) is 32.5 Å². The molecule has 0 saturated heterocycles. The van der Waals surface area contributed by atoms with E-state index in [1.165, 1.54) is 18.3 Å². The molecule has 0 aliphatic rings. The normalized spacial score (nSPS) is 13.9. The number of rotatable bonds is 13. The Balaban J connectivity index is 2.24. The molecule has 2 unspecified atom stereocenters. The van der Waals surface area contributed by atoms with Gasteiger partial charge in [-0.3, -0.25) is 4.99 Å². The standard InChI is InChI=1S/C24H32Cl2FN5O2/c1-4-33-10-8-18(7-9-30-3)31-14-17(12-28)16-11-21(24(29)32-13-16)34-15(2)22-19(25)5-6-20(27)23(22)26/h5-6,11-15,18,30H,4,7-10,28H2,1-3H3,(H2,29,32)/b17-12+,31-14?. The SMILES string of the molecule is CCOCCC(CCNC)N=C/C(=C\N)c1cnc(N)c(OC(C)c2c(Cl)ccc(F)c2Cl)c1. The van der Waals surface area contributed by atoms with Crippen molar-refractivity contribution >= 4 is 40.8 Å². The minimum absolute atomic E-state index is 0.0729. The van der Waals surface area contributed by atoms with Gasteiger partial charge in [-0.2, -0.15) is 0 Å². The molecule has 0 aliphatic heterocycles. The minimum Gasteiger partial charge on any atom is -0.482 e. The Kier molecular flexibility index (Phi) is 11.6. The number of nitrogens with two attached hydrogens (primary N) is 2. The summed E-state index contributed by atoms with van der Waals surface area (Å²) >= 11 is 12.3. The molecule has 2 rings (SSSR count). The van der Waals surface area contributed by atoms with Crippen LogP contribution in [0.5, 0.6) is 5.75 Å². The van der Waals surface area contributed by atoms with Crippen LogP contribution in [0.3, 0.4) is 0 Å². The average molecular weight is 512 g/mol. The van der Waals surface area contributed by atoms with Gasteiger partial charge in [0, 0.05) is 53.5 Å². The summed E-state index contributed by atoms with van der Waals surface area (Å²) in [6, 6.07) is 4.40. The monoisotopic (exact) mass is 511 g/mol. The minimum atomic E-state index is -0.682. The number of hydrogen-bond donors (Lipinski definition) is 3. The van der Waals surface area contributed by atoms with Crippen LogP contribution in [-0.4, -0.2) is 44.0 Å². The Morgan fingerprint density at radius 3 is 2.76 bits per heavy atom. The number of nitrogens with one attached hydrogen (secondary N) is 1. The number of nitrogen functional groups attached to an aromatic ring is 1. The zero-order chi connectivity index (χ0) is 25.1. The second-order valence-corrected chi connectivity index (χ2v) is 8.34. The second-order valence-electron chi connectivity index (χ2n) is 7.56. The van der Waals surface area contributed by atoms with Gasteiger partial charge < -0.3 is 26.3 Å². The van der Waals surface area contributed by atoms with E-state index in [-0.39, 0.29) is 27.7 Å². The second kappa shape index (κ2) is 14.1. The van der Waals surface area contributed by atoms with E-state index in [2.05, 4.69) is 10.3 Å². The number of pyridine rings is 1. The van der Waals surface area contributed by atoms with Gasteiger partial charge in [-0.25, -0.2) is 9.37 Å². The van der Waals surface area contributed by atoms with Crippen molar-refractivity contribution in [3.63, 3.8) is 0 Å². The quantitative estimate of drug-likeness (QED) is 0.198. The van der Waals surface area contributed by atoms with Crippen molar-refractivity contribution in [3.8, 4) is 5.75 Å². The van der Waals surface area contributed by atoms with Crippen LogP contribution in [0.25, 0.3) is 5.57 Å². The lowest BCUT2D eigenvalue weighted by atomic mass is 10.1. The molecule has 2 aromatic rings. The van der Waals surface area contributed by atoms with Crippen molar-refractivity contribution in [1.82, 2.24) is 10.3 Å². The molecule has 0 radical (unpaired) electrons. The molecule has 34 heavy (non-hydrogen) atoms. The fourth-order valence-electron chi connectivity index (χ4n) is 3.24. The van der Waals surface area contributed by atoms with Crippen molar-refractivity contribution < 1.29 is 13.9 Å². The summed E-state index contributed by atoms with van der Waals surface area (Å²) in [4.78, 5) is 8.92. The summed E-state index contributed by atoms with van der Waals surface area (Å²) in [5.74, 6) is -0.133. The third kappa shape index (κ3) is 7.84. The molecule has 0 spiro atoms. The van der Waals surface area contributed by atoms with Crippen molar-refractivity contribution in [2.45, 2.75) is 38.8 Å². The highest BCUT2D eigenvalue weighted by Crippen LogP contribution is 2.36. The first kappa shape index (κ1) is 27.9. The van der Waals surface area contributed by atoms with Crippen LogP contribution in [0.4, 0.5) is 10.2 Å². The lowest BCUT2D eigenvalue weighted by Gasteiger charge is -2.19. The summed E-state index contributed by atoms with van der Waals surface area (Å²) in [5, 5.41) is 3.33. The number of aromatic nitrogens is 1. The summed E-state index contributed by atoms with van der Waals surface area (Å²) < 4.78 is 25.4. The lowest BCUT2D eigenvalue weighted by molar-refractivity contribution is 0.139. The molecule has 0 bridgehead atoms. The summed E-state index contributed by atoms with van der Waals surface area (Å²) in [6.07, 6.45) is 5.72. The van der Waals surface area contributed by atoms with Crippen LogP contribution < -0.4 is 21.5 Å². The maximum Gasteiger partial charge on any atom is 0.166 e. The number of aliphatic imine (C=N–C) groups is 1. The highest BCUT2D eigenvalue weighted by atomic mass is 35.5. The van der Waals surface area contributed by atoms with Crippen LogP contribution in [0, 0.1) is 5.82 Å². The molecule has 0 fully saturated rings. The number of hydrogen-bond acceptors (Lipinski definition) is 7. The maximum atomic E-state index is 13.9. The van der Waals surface area contributed by atoms with Gasteiger partial charge in [0.25, 0.3) is 0 Å². The predicted octanol–water partition coefficient (Wildman–Crippen LogP) is 5.02. The molecular formula is C24H32Cl2FN5O2. The van der Waals surface area contributed by atoms with E-state index in [1.807, 2.05) is 14.0 Å². The van der Waals surface area contributed by atoms with Gasteiger partial charge in [0.1, 0.15) is 11.9 Å². The Morgan fingerprint density at radius 2 is 2.09 bits per heavy atom. The molecule has 0 amide bonds. The Morgan fingerprint density at radius 1 is 1.32 bits per heavy atom. The Bertz CT molecular complexity index is 1000. The van der Waals surface area contributed by atoms with Crippen LogP contribution in [-0.2, 0) is 4.74 Å². The van der Waals surface area contributed by atoms with E-state index in [9.17, 15) is 4.39 Å². The third-order valence-corrected chi connectivity index (χ3v) is 5.85. The average Bonchev–Trinajstić information content (AvgIpc) is 2.82. The molecule has 0 aliphatic carbocycles. The molecule has 1 aromatic heterocycles. The third-order valence-electron chi connectivity index (χ3n) is 5.14. The Labute approximate surface area is 210 Å². The first-order valence-electron chi connectivity index (χ1n) is 11.1. The van der Waals surface area contributed by atoms with Crippen LogP contribution in [0.2, 0.25) is 10.0 Å². The van der Waals surface area contributed by atoms with Gasteiger partial charge >= 0.3 is 0 Å². The molecule has 5 N–H and O–H groups in total. The topological polar surface area (TPSA) is 108 Å². The zero-order valence-corrected chi connectivity index (χ0v) is 21.2. The van der Waals surface area contributed by atoms with Crippen LogP contribution in [0.1, 0.15) is 43.9 Å². The Hall–Kier alpha value is -2.39. The first-order chi connectivity index (χ1) is 16.3. The van der Waals surface area contributed by atoms with Gasteiger partial charge in [-0.1, -0.05) is 23.2 Å². The number of nitrogens with zero attached hydrogens (tertiary/aromatic N) is 2. The van der Waals surface area contributed by atoms with Gasteiger partial charge in [-0.05, 0) is 58.5 Å². The number of allylic oxidation sites excluding steroid dienone is 1. The predicted molar refractivity (Wildman–Crippen MR) is 138 cm³/mol. The van der Waals surface area contributed by atoms with Gasteiger partial charge in [0.15, 0.2) is 11.6 Å². The van der Waals surface area contributed by atoms with Crippen molar-refractivity contribution in [1.29, 1.82) is 0 Å². The van der Waals surface area contributed by atoms with Gasteiger partial charge in [0.05, 0.1) is 11.1 Å². The fourth-order valence-corrected chi connectivity index (χ4v) is 3.92. The van der Waals surface area contributed by atoms with Crippen molar-refractivity contribution in [2.24, 2.45) is 10.7 Å². The number of ether oxygens (including phenoxy) is 2. The number of halogens is 3. The molecular weight excluding hydrogens is 480 g/mol. The van der Waals surface area contributed by atoms with E-state index >= 15 is 0 Å². The van der Waals surface area contributed by atoms with E-state index < -0.39 is 11.9 Å². The summed E-state index contributed by atoms with van der Waals surface area (Å²) in [7, 11) is 1.90. The number of benzene rings is 1. The lowest BCUT2D eigenvalue weighted by Crippen LogP contribution is -2.17. The van der Waals surface area contributed by atoms with E-state index in [0.717, 1.165) is 19.4 Å². The van der Waals surface area contributed by atoms with E-state index in [1.54, 1.807) is 25.4 Å². The van der Waals surface area contributed by atoms with E-state index in [0.29, 0.717) is 29.9 Å².